The Kier molecular flexibility index (Phi) is 16.6. The minimum atomic E-state index is -0.371. The number of hydrogen-bond acceptors (Lipinski definition) is 4. The van der Waals surface area contributed by atoms with Crippen LogP contribution in [0.4, 0.5) is 0 Å². The van der Waals surface area contributed by atoms with Crippen LogP contribution in [-0.2, 0) is 23.2 Å². The molecule has 2 rings (SSSR count). The Bertz CT molecular complexity index is 945. The Labute approximate surface area is 236 Å². The Balaban J connectivity index is 1.53. The standard InChI is InChI=1S/C33H51N2O4/c1-4-5-6-7-8-9-10-11-12-13-14-15-16-19-26-38-31-21-23-32(24-22-31)39-28-33(37)35(29(2)36)27-30-20-17-18-25-34(30)3/h17-18,20-25H,4-16,19,26-28H2,1-3H3/q+1. The summed E-state index contributed by atoms with van der Waals surface area (Å²) in [6.07, 6.45) is 20.7. The first kappa shape index (κ1) is 32.3. The first-order chi connectivity index (χ1) is 19.0. The van der Waals surface area contributed by atoms with Crippen LogP contribution >= 0.6 is 0 Å². The number of rotatable bonds is 21. The zero-order chi connectivity index (χ0) is 28.1. The second-order valence-electron chi connectivity index (χ2n) is 10.5. The van der Waals surface area contributed by atoms with Gasteiger partial charge in [-0.2, -0.15) is 0 Å². The summed E-state index contributed by atoms with van der Waals surface area (Å²) in [7, 11) is 1.89. The molecule has 0 saturated heterocycles. The fourth-order valence-corrected chi connectivity index (χ4v) is 4.60. The summed E-state index contributed by atoms with van der Waals surface area (Å²) in [5.74, 6) is 0.690. The van der Waals surface area contributed by atoms with Crippen LogP contribution in [0.1, 0.15) is 109 Å². The summed E-state index contributed by atoms with van der Waals surface area (Å²) in [4.78, 5) is 25.9. The summed E-state index contributed by atoms with van der Waals surface area (Å²) in [6, 6.07) is 13.0. The van der Waals surface area contributed by atoms with Crippen LogP contribution in [0.15, 0.2) is 48.7 Å². The third kappa shape index (κ3) is 14.2. The Morgan fingerprint density at radius 2 is 1.23 bits per heavy atom. The lowest BCUT2D eigenvalue weighted by atomic mass is 10.0. The monoisotopic (exact) mass is 539 g/mol. The number of imide groups is 1. The van der Waals surface area contributed by atoms with Gasteiger partial charge in [-0.3, -0.25) is 14.5 Å². The highest BCUT2D eigenvalue weighted by atomic mass is 16.5. The number of aromatic nitrogens is 1. The second-order valence-corrected chi connectivity index (χ2v) is 10.5. The molecule has 0 fully saturated rings. The Hall–Kier alpha value is -2.89. The molecule has 39 heavy (non-hydrogen) atoms. The maximum atomic E-state index is 12.7. The fraction of sp³-hybridized carbons (Fsp3) is 0.606. The van der Waals surface area contributed by atoms with Crippen LogP contribution in [0, 0.1) is 0 Å². The molecular formula is C33H51N2O4+. The molecule has 0 aliphatic rings. The van der Waals surface area contributed by atoms with Gasteiger partial charge in [0.05, 0.1) is 6.61 Å². The van der Waals surface area contributed by atoms with Crippen molar-refractivity contribution in [2.24, 2.45) is 7.05 Å². The third-order valence-electron chi connectivity index (χ3n) is 7.12. The molecule has 0 radical (unpaired) electrons. The molecule has 0 spiro atoms. The minimum Gasteiger partial charge on any atom is -0.494 e. The molecule has 1 heterocycles. The highest BCUT2D eigenvalue weighted by Gasteiger charge is 2.22. The molecule has 0 atom stereocenters. The van der Waals surface area contributed by atoms with Gasteiger partial charge in [0.2, 0.25) is 11.6 Å². The van der Waals surface area contributed by atoms with Gasteiger partial charge in [-0.05, 0) is 30.7 Å². The van der Waals surface area contributed by atoms with Gasteiger partial charge in [0.1, 0.15) is 25.1 Å². The van der Waals surface area contributed by atoms with Gasteiger partial charge >= 0.3 is 0 Å². The van der Waals surface area contributed by atoms with Crippen molar-refractivity contribution in [3.63, 3.8) is 0 Å². The van der Waals surface area contributed by atoms with E-state index in [1.165, 1.54) is 95.3 Å². The number of pyridine rings is 1. The molecule has 2 amide bonds. The summed E-state index contributed by atoms with van der Waals surface area (Å²) in [5, 5.41) is 0. The van der Waals surface area contributed by atoms with Crippen molar-refractivity contribution in [3.05, 3.63) is 54.4 Å². The van der Waals surface area contributed by atoms with E-state index in [0.717, 1.165) is 17.9 Å². The number of unbranched alkanes of at least 4 members (excludes halogenated alkanes) is 13. The lowest BCUT2D eigenvalue weighted by Gasteiger charge is -2.18. The van der Waals surface area contributed by atoms with Gasteiger partial charge in [-0.15, -0.1) is 0 Å². The maximum Gasteiger partial charge on any atom is 0.267 e. The minimum absolute atomic E-state index is 0.199. The van der Waals surface area contributed by atoms with Crippen molar-refractivity contribution in [1.29, 1.82) is 0 Å². The number of amides is 2. The number of aryl methyl sites for hydroxylation is 1. The fourth-order valence-electron chi connectivity index (χ4n) is 4.60. The Morgan fingerprint density at radius 1 is 0.718 bits per heavy atom. The van der Waals surface area contributed by atoms with Crippen LogP contribution in [0.5, 0.6) is 11.5 Å². The van der Waals surface area contributed by atoms with Gasteiger partial charge < -0.3 is 9.47 Å². The van der Waals surface area contributed by atoms with Crippen molar-refractivity contribution in [1.82, 2.24) is 4.90 Å². The van der Waals surface area contributed by atoms with Gasteiger partial charge in [-0.25, -0.2) is 4.57 Å². The molecule has 6 heteroatoms. The molecule has 0 unspecified atom stereocenters. The molecule has 6 nitrogen and oxygen atoms in total. The molecule has 216 valence electrons. The summed E-state index contributed by atoms with van der Waals surface area (Å²) in [6.45, 7) is 4.39. The smallest absolute Gasteiger partial charge is 0.267 e. The van der Waals surface area contributed by atoms with Crippen LogP contribution < -0.4 is 14.0 Å². The van der Waals surface area contributed by atoms with Crippen molar-refractivity contribution < 1.29 is 23.6 Å². The molecule has 0 aliphatic carbocycles. The summed E-state index contributed by atoms with van der Waals surface area (Å²) >= 11 is 0. The van der Waals surface area contributed by atoms with Gasteiger partial charge in [-0.1, -0.05) is 96.5 Å². The van der Waals surface area contributed by atoms with Gasteiger partial charge in [0, 0.05) is 19.1 Å². The highest BCUT2D eigenvalue weighted by Crippen LogP contribution is 2.19. The van der Waals surface area contributed by atoms with E-state index in [1.54, 1.807) is 12.1 Å². The number of ether oxygens (including phenoxy) is 2. The second kappa shape index (κ2) is 20.1. The van der Waals surface area contributed by atoms with E-state index in [9.17, 15) is 9.59 Å². The van der Waals surface area contributed by atoms with Crippen LogP contribution in [0.3, 0.4) is 0 Å². The average molecular weight is 540 g/mol. The number of carbonyl (C=O) groups is 2. The van der Waals surface area contributed by atoms with Crippen molar-refractivity contribution in [2.75, 3.05) is 13.2 Å². The van der Waals surface area contributed by atoms with Gasteiger partial charge in [0.15, 0.2) is 12.8 Å². The molecule has 2 aromatic rings. The van der Waals surface area contributed by atoms with Gasteiger partial charge in [0.25, 0.3) is 5.91 Å². The molecule has 0 bridgehead atoms. The average Bonchev–Trinajstić information content (AvgIpc) is 2.94. The normalized spacial score (nSPS) is 10.8. The quantitative estimate of drug-likeness (QED) is 0.123. The topological polar surface area (TPSA) is 59.7 Å². The zero-order valence-electron chi connectivity index (χ0n) is 24.7. The van der Waals surface area contributed by atoms with Crippen LogP contribution in [0.2, 0.25) is 0 Å². The number of carbonyl (C=O) groups excluding carboxylic acids is 2. The predicted molar refractivity (Wildman–Crippen MR) is 157 cm³/mol. The number of benzene rings is 1. The SMILES string of the molecule is CCCCCCCCCCCCCCCCOc1ccc(OCC(=O)N(Cc2cccc[n+]2C)C(C)=O)cc1. The molecule has 0 aliphatic heterocycles. The van der Waals surface area contributed by atoms with E-state index in [1.807, 2.05) is 48.1 Å². The number of hydrogen-bond donors (Lipinski definition) is 0. The van der Waals surface area contributed by atoms with E-state index in [0.29, 0.717) is 12.4 Å². The van der Waals surface area contributed by atoms with Crippen LogP contribution in [0.25, 0.3) is 0 Å². The molecule has 0 N–H and O–H groups in total. The van der Waals surface area contributed by atoms with Crippen molar-refractivity contribution in [3.8, 4) is 11.5 Å². The van der Waals surface area contributed by atoms with E-state index in [-0.39, 0.29) is 25.0 Å². The molecular weight excluding hydrogens is 488 g/mol. The van der Waals surface area contributed by atoms with Crippen molar-refractivity contribution >= 4 is 11.8 Å². The zero-order valence-corrected chi connectivity index (χ0v) is 24.7. The Morgan fingerprint density at radius 3 is 1.74 bits per heavy atom. The molecule has 1 aromatic heterocycles. The maximum absolute atomic E-state index is 12.7. The predicted octanol–water partition coefficient (Wildman–Crippen LogP) is 7.33. The summed E-state index contributed by atoms with van der Waals surface area (Å²) in [5.41, 5.74) is 0.862. The molecule has 0 saturated carbocycles. The first-order valence-electron chi connectivity index (χ1n) is 15.1. The lowest BCUT2D eigenvalue weighted by molar-refractivity contribution is -0.679. The first-order valence-corrected chi connectivity index (χ1v) is 15.1. The van der Waals surface area contributed by atoms with E-state index < -0.39 is 0 Å². The lowest BCUT2D eigenvalue weighted by Crippen LogP contribution is -2.42. The highest BCUT2D eigenvalue weighted by molar-refractivity contribution is 5.94. The number of nitrogens with zero attached hydrogens (tertiary/aromatic N) is 2. The van der Waals surface area contributed by atoms with Crippen molar-refractivity contribution in [2.45, 2.75) is 110 Å². The summed E-state index contributed by atoms with van der Waals surface area (Å²) < 4.78 is 13.4. The van der Waals surface area contributed by atoms with E-state index >= 15 is 0 Å². The van der Waals surface area contributed by atoms with Crippen LogP contribution in [-0.4, -0.2) is 29.9 Å². The largest absolute Gasteiger partial charge is 0.494 e. The van der Waals surface area contributed by atoms with E-state index in [4.69, 9.17) is 9.47 Å². The van der Waals surface area contributed by atoms with E-state index in [2.05, 4.69) is 6.92 Å². The molecule has 1 aromatic carbocycles. The third-order valence-corrected chi connectivity index (χ3v) is 7.12.